The van der Waals surface area contributed by atoms with Crippen molar-refractivity contribution in [1.29, 1.82) is 0 Å². The molecule has 19 heavy (non-hydrogen) atoms. The Kier molecular flexibility index (Phi) is 5.83. The van der Waals surface area contributed by atoms with Crippen molar-refractivity contribution in [1.82, 2.24) is 5.32 Å². The van der Waals surface area contributed by atoms with Crippen LogP contribution in [0.2, 0.25) is 0 Å². The molecular formula is C16H27NO2. The fourth-order valence-electron chi connectivity index (χ4n) is 1.86. The maximum Gasteiger partial charge on any atom is 0.123 e. The van der Waals surface area contributed by atoms with Crippen LogP contribution in [0.1, 0.15) is 44.7 Å². The van der Waals surface area contributed by atoms with E-state index in [0.717, 1.165) is 24.4 Å². The van der Waals surface area contributed by atoms with Crippen molar-refractivity contribution in [3.63, 3.8) is 0 Å². The Morgan fingerprint density at radius 3 is 2.53 bits per heavy atom. The van der Waals surface area contributed by atoms with Crippen molar-refractivity contribution in [2.75, 3.05) is 20.3 Å². The zero-order valence-electron chi connectivity index (χ0n) is 12.8. The zero-order valence-corrected chi connectivity index (χ0v) is 12.8. The Morgan fingerprint density at radius 2 is 2.00 bits per heavy atom. The molecule has 0 saturated heterocycles. The highest BCUT2D eigenvalue weighted by molar-refractivity contribution is 5.38. The van der Waals surface area contributed by atoms with Gasteiger partial charge in [0.2, 0.25) is 0 Å². The van der Waals surface area contributed by atoms with Crippen LogP contribution < -0.4 is 10.1 Å². The van der Waals surface area contributed by atoms with Gasteiger partial charge < -0.3 is 15.2 Å². The number of methoxy groups -OCH3 is 1. The number of rotatable bonds is 7. The van der Waals surface area contributed by atoms with Gasteiger partial charge in [-0.2, -0.15) is 0 Å². The van der Waals surface area contributed by atoms with E-state index >= 15 is 0 Å². The predicted molar refractivity (Wildman–Crippen MR) is 79.7 cm³/mol. The molecular weight excluding hydrogens is 238 g/mol. The molecule has 1 aromatic rings. The third kappa shape index (κ3) is 4.84. The quantitative estimate of drug-likeness (QED) is 0.796. The normalized spacial score (nSPS) is 11.9. The summed E-state index contributed by atoms with van der Waals surface area (Å²) in [7, 11) is 1.71. The largest absolute Gasteiger partial charge is 0.496 e. The summed E-state index contributed by atoms with van der Waals surface area (Å²) >= 11 is 0. The number of ether oxygens (including phenoxy) is 1. The van der Waals surface area contributed by atoms with E-state index in [1.165, 1.54) is 5.56 Å². The minimum atomic E-state index is -0.0922. The smallest absolute Gasteiger partial charge is 0.123 e. The molecule has 1 aromatic carbocycles. The molecule has 0 atom stereocenters. The number of aliphatic hydroxyl groups is 1. The van der Waals surface area contributed by atoms with Crippen LogP contribution in [-0.2, 0) is 6.54 Å². The first kappa shape index (κ1) is 16.0. The van der Waals surface area contributed by atoms with Crippen LogP contribution >= 0.6 is 0 Å². The van der Waals surface area contributed by atoms with Gasteiger partial charge in [0, 0.05) is 30.7 Å². The van der Waals surface area contributed by atoms with E-state index in [1.54, 1.807) is 7.11 Å². The lowest BCUT2D eigenvalue weighted by Gasteiger charge is -2.22. The maximum atomic E-state index is 9.22. The lowest BCUT2D eigenvalue weighted by molar-refractivity contribution is 0.156. The van der Waals surface area contributed by atoms with Gasteiger partial charge in [-0.3, -0.25) is 0 Å². The van der Waals surface area contributed by atoms with Gasteiger partial charge in [-0.1, -0.05) is 39.8 Å². The highest BCUT2D eigenvalue weighted by atomic mass is 16.5. The van der Waals surface area contributed by atoms with Crippen molar-refractivity contribution in [2.45, 2.75) is 40.2 Å². The van der Waals surface area contributed by atoms with Gasteiger partial charge in [0.25, 0.3) is 0 Å². The second-order valence-corrected chi connectivity index (χ2v) is 6.15. The molecule has 0 amide bonds. The fourth-order valence-corrected chi connectivity index (χ4v) is 1.86. The lowest BCUT2D eigenvalue weighted by atomic mass is 9.95. The van der Waals surface area contributed by atoms with Crippen LogP contribution in [0.5, 0.6) is 5.75 Å². The second-order valence-electron chi connectivity index (χ2n) is 6.15. The number of nitrogens with one attached hydrogen (secondary N) is 1. The summed E-state index contributed by atoms with van der Waals surface area (Å²) in [5.74, 6) is 1.43. The lowest BCUT2D eigenvalue weighted by Crippen LogP contribution is -2.31. The molecule has 3 heteroatoms. The SMILES string of the molecule is COc1cc(C(C)C)ccc1CNCC(C)(C)CO. The summed E-state index contributed by atoms with van der Waals surface area (Å²) in [6, 6.07) is 6.38. The van der Waals surface area contributed by atoms with Crippen molar-refractivity contribution in [3.8, 4) is 5.75 Å². The molecule has 0 radical (unpaired) electrons. The third-order valence-electron chi connectivity index (χ3n) is 3.32. The molecule has 0 spiro atoms. The number of hydrogen-bond acceptors (Lipinski definition) is 3. The van der Waals surface area contributed by atoms with Crippen molar-refractivity contribution in [2.24, 2.45) is 5.41 Å². The second kappa shape index (κ2) is 6.92. The van der Waals surface area contributed by atoms with Crippen LogP contribution in [0, 0.1) is 5.41 Å². The summed E-state index contributed by atoms with van der Waals surface area (Å²) in [5, 5.41) is 12.6. The van der Waals surface area contributed by atoms with Gasteiger partial charge in [0.1, 0.15) is 5.75 Å². The minimum absolute atomic E-state index is 0.0922. The molecule has 0 bridgehead atoms. The third-order valence-corrected chi connectivity index (χ3v) is 3.32. The number of benzene rings is 1. The molecule has 0 aliphatic carbocycles. The van der Waals surface area contributed by atoms with Crippen molar-refractivity contribution in [3.05, 3.63) is 29.3 Å². The summed E-state index contributed by atoms with van der Waals surface area (Å²) in [6.45, 7) is 10.2. The molecule has 0 aromatic heterocycles. The zero-order chi connectivity index (χ0) is 14.5. The number of aliphatic hydroxyl groups excluding tert-OH is 1. The molecule has 108 valence electrons. The van der Waals surface area contributed by atoms with Crippen LogP contribution in [0.25, 0.3) is 0 Å². The van der Waals surface area contributed by atoms with Gasteiger partial charge in [0.05, 0.1) is 7.11 Å². The van der Waals surface area contributed by atoms with Crippen molar-refractivity contribution >= 4 is 0 Å². The molecule has 1 rings (SSSR count). The van der Waals surface area contributed by atoms with E-state index in [4.69, 9.17) is 4.74 Å². The Labute approximate surface area is 117 Å². The Bertz CT molecular complexity index is 400. The average molecular weight is 265 g/mol. The summed E-state index contributed by atoms with van der Waals surface area (Å²) in [4.78, 5) is 0. The molecule has 0 heterocycles. The van der Waals surface area contributed by atoms with Gasteiger partial charge >= 0.3 is 0 Å². The predicted octanol–water partition coefficient (Wildman–Crippen LogP) is 2.93. The summed E-state index contributed by atoms with van der Waals surface area (Å²) in [5.41, 5.74) is 2.35. The Morgan fingerprint density at radius 1 is 1.32 bits per heavy atom. The topological polar surface area (TPSA) is 41.5 Å². The van der Waals surface area contributed by atoms with E-state index in [-0.39, 0.29) is 12.0 Å². The molecule has 2 N–H and O–H groups in total. The first-order valence-electron chi connectivity index (χ1n) is 6.88. The summed E-state index contributed by atoms with van der Waals surface area (Å²) < 4.78 is 5.46. The van der Waals surface area contributed by atoms with E-state index in [2.05, 4.69) is 37.4 Å². The summed E-state index contributed by atoms with van der Waals surface area (Å²) in [6.07, 6.45) is 0. The molecule has 0 unspecified atom stereocenters. The Balaban J connectivity index is 2.68. The van der Waals surface area contributed by atoms with Crippen LogP contribution in [0.4, 0.5) is 0 Å². The highest BCUT2D eigenvalue weighted by Crippen LogP contribution is 2.24. The molecule has 3 nitrogen and oxygen atoms in total. The van der Waals surface area contributed by atoms with E-state index in [9.17, 15) is 5.11 Å². The molecule has 0 aliphatic heterocycles. The average Bonchev–Trinajstić information content (AvgIpc) is 2.38. The van der Waals surface area contributed by atoms with Gasteiger partial charge in [0.15, 0.2) is 0 Å². The monoisotopic (exact) mass is 265 g/mol. The van der Waals surface area contributed by atoms with Crippen molar-refractivity contribution < 1.29 is 9.84 Å². The Hall–Kier alpha value is -1.06. The van der Waals surface area contributed by atoms with Gasteiger partial charge in [-0.25, -0.2) is 0 Å². The van der Waals surface area contributed by atoms with E-state index in [1.807, 2.05) is 13.8 Å². The maximum absolute atomic E-state index is 9.22. The van der Waals surface area contributed by atoms with Gasteiger partial charge in [-0.05, 0) is 17.5 Å². The van der Waals surface area contributed by atoms with Crippen LogP contribution in [-0.4, -0.2) is 25.4 Å². The fraction of sp³-hybridized carbons (Fsp3) is 0.625. The first-order chi connectivity index (χ1) is 8.89. The van der Waals surface area contributed by atoms with E-state index < -0.39 is 0 Å². The van der Waals surface area contributed by atoms with Crippen LogP contribution in [0.15, 0.2) is 18.2 Å². The van der Waals surface area contributed by atoms with Crippen LogP contribution in [0.3, 0.4) is 0 Å². The van der Waals surface area contributed by atoms with E-state index in [0.29, 0.717) is 5.92 Å². The first-order valence-corrected chi connectivity index (χ1v) is 6.88. The standard InChI is InChI=1S/C16H27NO2/c1-12(2)13-6-7-14(15(8-13)19-5)9-17-10-16(3,4)11-18/h6-8,12,17-18H,9-11H2,1-5H3. The minimum Gasteiger partial charge on any atom is -0.496 e. The highest BCUT2D eigenvalue weighted by Gasteiger charge is 2.16. The molecule has 0 fully saturated rings. The molecule has 0 aliphatic rings. The van der Waals surface area contributed by atoms with Gasteiger partial charge in [-0.15, -0.1) is 0 Å². The molecule has 0 saturated carbocycles. The number of hydrogen-bond donors (Lipinski definition) is 2.